The number of hydrogen-bond donors (Lipinski definition) is 1. The van der Waals surface area contributed by atoms with E-state index >= 15 is 0 Å². The molecule has 1 N–H and O–H groups in total. The third kappa shape index (κ3) is 2.36. The number of benzene rings is 1. The first kappa shape index (κ1) is 13.0. The Balaban J connectivity index is 1.99. The number of hydrogen-bond acceptors (Lipinski definition) is 3. The summed E-state index contributed by atoms with van der Waals surface area (Å²) in [6.07, 6.45) is 5.50. The van der Waals surface area contributed by atoms with Gasteiger partial charge >= 0.3 is 5.97 Å². The van der Waals surface area contributed by atoms with Crippen molar-refractivity contribution in [2.24, 2.45) is 0 Å². The number of nitrogens with zero attached hydrogens (tertiary/aromatic N) is 2. The highest BCUT2D eigenvalue weighted by molar-refractivity contribution is 7.99. The van der Waals surface area contributed by atoms with E-state index in [9.17, 15) is 4.79 Å². The van der Waals surface area contributed by atoms with Crippen LogP contribution in [0, 0.1) is 0 Å². The number of fused-ring (bicyclic) bond motifs is 1. The fourth-order valence-electron chi connectivity index (χ4n) is 2.31. The Labute approximate surface area is 121 Å². The predicted molar refractivity (Wildman–Crippen MR) is 78.9 cm³/mol. The zero-order valence-electron chi connectivity index (χ0n) is 11.0. The molecule has 0 radical (unpaired) electrons. The second-order valence-corrected chi connectivity index (χ2v) is 5.79. The fraction of sp³-hybridized carbons (Fsp3) is 0.200. The molecule has 102 valence electrons. The van der Waals surface area contributed by atoms with Crippen molar-refractivity contribution in [3.05, 3.63) is 53.6 Å². The lowest BCUT2D eigenvalue weighted by atomic mass is 9.99. The van der Waals surface area contributed by atoms with E-state index in [2.05, 4.69) is 11.9 Å². The summed E-state index contributed by atoms with van der Waals surface area (Å²) in [6, 6.07) is 5.34. The molecule has 0 unspecified atom stereocenters. The predicted octanol–water partition coefficient (Wildman–Crippen LogP) is 3.16. The highest BCUT2D eigenvalue weighted by Gasteiger charge is 2.18. The van der Waals surface area contributed by atoms with E-state index in [0.717, 1.165) is 22.8 Å². The zero-order valence-corrected chi connectivity index (χ0v) is 11.9. The molecule has 1 aromatic heterocycles. The van der Waals surface area contributed by atoms with Crippen LogP contribution in [0.5, 0.6) is 0 Å². The third-order valence-electron chi connectivity index (χ3n) is 3.50. The summed E-state index contributed by atoms with van der Waals surface area (Å²) >= 11 is 1.76. The van der Waals surface area contributed by atoms with Crippen LogP contribution in [-0.2, 0) is 6.54 Å². The van der Waals surface area contributed by atoms with Crippen molar-refractivity contribution in [2.75, 3.05) is 5.75 Å². The molecule has 4 nitrogen and oxygen atoms in total. The number of carboxylic acid groups (broad SMARTS) is 1. The van der Waals surface area contributed by atoms with Crippen LogP contribution in [0.3, 0.4) is 0 Å². The van der Waals surface area contributed by atoms with E-state index in [0.29, 0.717) is 5.56 Å². The van der Waals surface area contributed by atoms with Gasteiger partial charge in [0.25, 0.3) is 0 Å². The first-order valence-corrected chi connectivity index (χ1v) is 7.28. The molecule has 20 heavy (non-hydrogen) atoms. The summed E-state index contributed by atoms with van der Waals surface area (Å²) in [5.74, 6) is 0.0519. The van der Waals surface area contributed by atoms with Gasteiger partial charge < -0.3 is 9.67 Å². The number of rotatable bonds is 3. The summed E-state index contributed by atoms with van der Waals surface area (Å²) in [7, 11) is 0. The number of aromatic carboxylic acids is 1. The van der Waals surface area contributed by atoms with Gasteiger partial charge in [0, 0.05) is 29.6 Å². The minimum absolute atomic E-state index is 0.340. The maximum atomic E-state index is 11.1. The highest BCUT2D eigenvalue weighted by atomic mass is 32.2. The molecule has 2 aromatic rings. The number of aromatic nitrogens is 2. The van der Waals surface area contributed by atoms with Crippen molar-refractivity contribution in [1.29, 1.82) is 0 Å². The minimum atomic E-state index is -0.882. The van der Waals surface area contributed by atoms with E-state index in [1.54, 1.807) is 36.4 Å². The molecule has 1 aliphatic heterocycles. The van der Waals surface area contributed by atoms with Crippen LogP contribution in [0.1, 0.15) is 22.8 Å². The quantitative estimate of drug-likeness (QED) is 0.941. The van der Waals surface area contributed by atoms with Crippen LogP contribution in [0.25, 0.3) is 5.57 Å². The van der Waals surface area contributed by atoms with Gasteiger partial charge in [0.05, 0.1) is 11.9 Å². The Kier molecular flexibility index (Phi) is 3.36. The second kappa shape index (κ2) is 5.17. The SMILES string of the molecule is CC1=C(Cn2ccnc2)CSc2ccc(C(=O)O)cc21. The van der Waals surface area contributed by atoms with E-state index in [1.165, 1.54) is 11.1 Å². The van der Waals surface area contributed by atoms with Gasteiger partial charge in [-0.15, -0.1) is 11.8 Å². The van der Waals surface area contributed by atoms with Crippen molar-refractivity contribution < 1.29 is 9.90 Å². The molecule has 5 heteroatoms. The molecular weight excluding hydrogens is 272 g/mol. The molecule has 0 atom stereocenters. The van der Waals surface area contributed by atoms with E-state index in [1.807, 2.05) is 16.8 Å². The summed E-state index contributed by atoms with van der Waals surface area (Å²) in [5.41, 5.74) is 3.86. The lowest BCUT2D eigenvalue weighted by Gasteiger charge is -2.21. The van der Waals surface area contributed by atoms with Gasteiger partial charge in [-0.1, -0.05) is 0 Å². The molecule has 0 spiro atoms. The molecule has 1 aliphatic rings. The Morgan fingerprint density at radius 3 is 3.05 bits per heavy atom. The van der Waals surface area contributed by atoms with Crippen molar-refractivity contribution in [3.63, 3.8) is 0 Å². The summed E-state index contributed by atoms with van der Waals surface area (Å²) < 4.78 is 2.03. The number of thioether (sulfide) groups is 1. The largest absolute Gasteiger partial charge is 0.478 e. The van der Waals surface area contributed by atoms with Gasteiger partial charge in [0.1, 0.15) is 0 Å². The highest BCUT2D eigenvalue weighted by Crippen LogP contribution is 2.38. The number of carboxylic acids is 1. The molecule has 0 amide bonds. The maximum absolute atomic E-state index is 11.1. The van der Waals surface area contributed by atoms with Crippen LogP contribution in [-0.4, -0.2) is 26.4 Å². The van der Waals surface area contributed by atoms with E-state index < -0.39 is 5.97 Å². The summed E-state index contributed by atoms with van der Waals surface area (Å²) in [5, 5.41) is 9.11. The van der Waals surface area contributed by atoms with Gasteiger partial charge in [0.15, 0.2) is 0 Å². The van der Waals surface area contributed by atoms with Crippen LogP contribution in [0.15, 0.2) is 47.4 Å². The van der Waals surface area contributed by atoms with Crippen molar-refractivity contribution in [3.8, 4) is 0 Å². The maximum Gasteiger partial charge on any atom is 0.335 e. The van der Waals surface area contributed by atoms with Gasteiger partial charge in [0.2, 0.25) is 0 Å². The number of carbonyl (C=O) groups is 1. The van der Waals surface area contributed by atoms with E-state index in [4.69, 9.17) is 5.11 Å². The molecule has 0 fully saturated rings. The minimum Gasteiger partial charge on any atom is -0.478 e. The van der Waals surface area contributed by atoms with Crippen molar-refractivity contribution in [2.45, 2.75) is 18.4 Å². The standard InChI is InChI=1S/C15H14N2O2S/c1-10-12(7-17-5-4-16-9-17)8-20-14-3-2-11(15(18)19)6-13(10)14/h2-6,9H,7-8H2,1H3,(H,18,19). The molecule has 0 aliphatic carbocycles. The lowest BCUT2D eigenvalue weighted by Crippen LogP contribution is -2.08. The number of imidazole rings is 1. The summed E-state index contributed by atoms with van der Waals surface area (Å²) in [6.45, 7) is 2.87. The first-order valence-electron chi connectivity index (χ1n) is 6.30. The van der Waals surface area contributed by atoms with E-state index in [-0.39, 0.29) is 0 Å². The smallest absolute Gasteiger partial charge is 0.335 e. The zero-order chi connectivity index (χ0) is 14.1. The van der Waals surface area contributed by atoms with Gasteiger partial charge in [-0.2, -0.15) is 0 Å². The fourth-order valence-corrected chi connectivity index (χ4v) is 3.48. The van der Waals surface area contributed by atoms with Crippen LogP contribution >= 0.6 is 11.8 Å². The average molecular weight is 286 g/mol. The van der Waals surface area contributed by atoms with Gasteiger partial charge in [-0.3, -0.25) is 0 Å². The van der Waals surface area contributed by atoms with Gasteiger partial charge in [-0.25, -0.2) is 9.78 Å². The Bertz CT molecular complexity index is 690. The molecule has 1 aromatic carbocycles. The summed E-state index contributed by atoms with van der Waals surface area (Å²) in [4.78, 5) is 16.3. The molecular formula is C15H14N2O2S. The molecule has 0 bridgehead atoms. The molecule has 3 rings (SSSR count). The van der Waals surface area contributed by atoms with Crippen molar-refractivity contribution >= 4 is 23.3 Å². The molecule has 2 heterocycles. The topological polar surface area (TPSA) is 55.1 Å². The second-order valence-electron chi connectivity index (χ2n) is 4.77. The molecule has 0 saturated carbocycles. The van der Waals surface area contributed by atoms with Gasteiger partial charge in [-0.05, 0) is 41.8 Å². The molecule has 0 saturated heterocycles. The average Bonchev–Trinajstić information content (AvgIpc) is 2.94. The van der Waals surface area contributed by atoms with Crippen molar-refractivity contribution in [1.82, 2.24) is 9.55 Å². The van der Waals surface area contributed by atoms with Crippen LogP contribution in [0.2, 0.25) is 0 Å². The van der Waals surface area contributed by atoms with Crippen LogP contribution in [0.4, 0.5) is 0 Å². The number of allylic oxidation sites excluding steroid dienone is 1. The lowest BCUT2D eigenvalue weighted by molar-refractivity contribution is 0.0697. The monoisotopic (exact) mass is 286 g/mol. The Hall–Kier alpha value is -2.01. The third-order valence-corrected chi connectivity index (χ3v) is 4.66. The first-order chi connectivity index (χ1) is 9.65. The normalized spacial score (nSPS) is 14.2. The Morgan fingerprint density at radius 1 is 1.50 bits per heavy atom. The van der Waals surface area contributed by atoms with Crippen LogP contribution < -0.4 is 0 Å². The Morgan fingerprint density at radius 2 is 2.35 bits per heavy atom.